The van der Waals surface area contributed by atoms with Crippen LogP contribution in [-0.2, 0) is 0 Å². The third kappa shape index (κ3) is 4.62. The highest BCUT2D eigenvalue weighted by atomic mass is 79.9. The van der Waals surface area contributed by atoms with Crippen molar-refractivity contribution in [2.45, 2.75) is 13.8 Å². The van der Waals surface area contributed by atoms with Crippen molar-refractivity contribution in [3.63, 3.8) is 0 Å². The summed E-state index contributed by atoms with van der Waals surface area (Å²) in [4.78, 5) is 12.4. The third-order valence-corrected chi connectivity index (χ3v) is 4.45. The van der Waals surface area contributed by atoms with E-state index in [1.165, 1.54) is 0 Å². The second-order valence-corrected chi connectivity index (χ2v) is 6.70. The number of halogens is 1. The van der Waals surface area contributed by atoms with E-state index in [1.807, 2.05) is 62.4 Å². The van der Waals surface area contributed by atoms with Gasteiger partial charge < -0.3 is 4.74 Å². The van der Waals surface area contributed by atoms with E-state index < -0.39 is 0 Å². The molecular weight excluding hydrogens is 408 g/mol. The molecule has 27 heavy (non-hydrogen) atoms. The van der Waals surface area contributed by atoms with Gasteiger partial charge in [-0.05, 0) is 55.8 Å². The first-order chi connectivity index (χ1) is 13.1. The number of carbonyl (C=O) groups is 1. The molecule has 7 heteroatoms. The molecule has 0 radical (unpaired) electrons. The smallest absolute Gasteiger partial charge is 0.289 e. The standard InChI is InChI=1S/C20H19BrN4O2/c1-3-27-17-10-6-15(7-11-17)18-13(2)19(24-23-18)20(26)25-22-12-14-4-8-16(21)9-5-14/h4-12H,3H2,1-2H3,(H,23,24)(H,25,26). The van der Waals surface area contributed by atoms with Crippen LogP contribution in [0.1, 0.15) is 28.5 Å². The highest BCUT2D eigenvalue weighted by molar-refractivity contribution is 9.10. The zero-order valence-electron chi connectivity index (χ0n) is 15.0. The number of H-pyrrole nitrogens is 1. The van der Waals surface area contributed by atoms with Gasteiger partial charge in [0.1, 0.15) is 11.4 Å². The lowest BCUT2D eigenvalue weighted by molar-refractivity contribution is 0.0949. The number of aromatic nitrogens is 2. The molecule has 6 nitrogen and oxygen atoms in total. The largest absolute Gasteiger partial charge is 0.494 e. The average molecular weight is 427 g/mol. The Balaban J connectivity index is 1.70. The predicted octanol–water partition coefficient (Wildman–Crippen LogP) is 4.31. The molecule has 0 fully saturated rings. The number of nitrogens with one attached hydrogen (secondary N) is 2. The van der Waals surface area contributed by atoms with E-state index in [0.717, 1.165) is 32.6 Å². The van der Waals surface area contributed by atoms with Gasteiger partial charge in [-0.25, -0.2) is 5.43 Å². The molecule has 0 aliphatic rings. The Bertz CT molecular complexity index is 947. The molecule has 0 atom stereocenters. The Hall–Kier alpha value is -2.93. The molecule has 1 aromatic heterocycles. The van der Waals surface area contributed by atoms with Crippen LogP contribution < -0.4 is 10.2 Å². The molecule has 3 aromatic rings. The van der Waals surface area contributed by atoms with Crippen molar-refractivity contribution in [1.82, 2.24) is 15.6 Å². The third-order valence-electron chi connectivity index (χ3n) is 3.93. The lowest BCUT2D eigenvalue weighted by Crippen LogP contribution is -2.19. The molecule has 0 saturated heterocycles. The summed E-state index contributed by atoms with van der Waals surface area (Å²) in [6.45, 7) is 4.41. The van der Waals surface area contributed by atoms with Crippen LogP contribution in [0.25, 0.3) is 11.3 Å². The van der Waals surface area contributed by atoms with Crippen LogP contribution in [0.5, 0.6) is 5.75 Å². The lowest BCUT2D eigenvalue weighted by Gasteiger charge is -2.04. The van der Waals surface area contributed by atoms with E-state index in [2.05, 4.69) is 36.7 Å². The number of carbonyl (C=O) groups excluding carboxylic acids is 1. The fraction of sp³-hybridized carbons (Fsp3) is 0.150. The van der Waals surface area contributed by atoms with Crippen molar-refractivity contribution in [3.8, 4) is 17.0 Å². The monoisotopic (exact) mass is 426 g/mol. The second-order valence-electron chi connectivity index (χ2n) is 5.78. The van der Waals surface area contributed by atoms with Gasteiger partial charge in [0, 0.05) is 15.6 Å². The van der Waals surface area contributed by atoms with Gasteiger partial charge in [-0.2, -0.15) is 10.2 Å². The quantitative estimate of drug-likeness (QED) is 0.455. The molecule has 138 valence electrons. The van der Waals surface area contributed by atoms with Crippen molar-refractivity contribution in [2.75, 3.05) is 6.61 Å². The number of benzene rings is 2. The molecule has 1 amide bonds. The van der Waals surface area contributed by atoms with Gasteiger partial charge in [-0.1, -0.05) is 28.1 Å². The van der Waals surface area contributed by atoms with Crippen molar-refractivity contribution in [3.05, 3.63) is 69.8 Å². The number of hydrogen-bond donors (Lipinski definition) is 2. The Morgan fingerprint density at radius 2 is 1.93 bits per heavy atom. The zero-order chi connectivity index (χ0) is 19.2. The summed E-state index contributed by atoms with van der Waals surface area (Å²) in [5.41, 5.74) is 6.18. The topological polar surface area (TPSA) is 79.4 Å². The van der Waals surface area contributed by atoms with E-state index in [4.69, 9.17) is 4.74 Å². The number of ether oxygens (including phenoxy) is 1. The van der Waals surface area contributed by atoms with Crippen LogP contribution in [0.3, 0.4) is 0 Å². The SMILES string of the molecule is CCOc1ccc(-c2n[nH]c(C(=O)NN=Cc3ccc(Br)cc3)c2C)cc1. The first-order valence-corrected chi connectivity index (χ1v) is 9.25. The number of hydrogen-bond acceptors (Lipinski definition) is 4. The average Bonchev–Trinajstić information content (AvgIpc) is 3.06. The van der Waals surface area contributed by atoms with E-state index in [1.54, 1.807) is 6.21 Å². The molecule has 0 spiro atoms. The molecule has 0 saturated carbocycles. The molecule has 0 aliphatic heterocycles. The summed E-state index contributed by atoms with van der Waals surface area (Å²) in [5.74, 6) is 0.459. The van der Waals surface area contributed by atoms with Crippen molar-refractivity contribution >= 4 is 28.1 Å². The number of hydrazone groups is 1. The summed E-state index contributed by atoms with van der Waals surface area (Å²) in [6.07, 6.45) is 1.59. The molecule has 0 unspecified atom stereocenters. The second kappa shape index (κ2) is 8.64. The summed E-state index contributed by atoms with van der Waals surface area (Å²) in [7, 11) is 0. The zero-order valence-corrected chi connectivity index (χ0v) is 16.6. The van der Waals surface area contributed by atoms with Gasteiger partial charge in [0.2, 0.25) is 0 Å². The van der Waals surface area contributed by atoms with Gasteiger partial charge >= 0.3 is 0 Å². The Labute approximate surface area is 165 Å². The van der Waals surface area contributed by atoms with E-state index in [0.29, 0.717) is 12.3 Å². The molecule has 2 N–H and O–H groups in total. The summed E-state index contributed by atoms with van der Waals surface area (Å²) >= 11 is 3.38. The van der Waals surface area contributed by atoms with Crippen molar-refractivity contribution < 1.29 is 9.53 Å². The molecule has 1 heterocycles. The maximum atomic E-state index is 12.4. The van der Waals surface area contributed by atoms with E-state index in [-0.39, 0.29) is 5.91 Å². The van der Waals surface area contributed by atoms with Gasteiger partial charge in [0.15, 0.2) is 0 Å². The molecule has 3 rings (SSSR count). The van der Waals surface area contributed by atoms with Crippen LogP contribution in [0.4, 0.5) is 0 Å². The first kappa shape index (κ1) is 18.8. The minimum Gasteiger partial charge on any atom is -0.494 e. The number of rotatable bonds is 6. The lowest BCUT2D eigenvalue weighted by atomic mass is 10.1. The van der Waals surface area contributed by atoms with Gasteiger partial charge in [-0.15, -0.1) is 0 Å². The summed E-state index contributed by atoms with van der Waals surface area (Å²) < 4.78 is 6.43. The van der Waals surface area contributed by atoms with Crippen LogP contribution in [0.2, 0.25) is 0 Å². The molecule has 2 aromatic carbocycles. The number of amides is 1. The number of aromatic amines is 1. The molecule has 0 bridgehead atoms. The van der Waals surface area contributed by atoms with Crippen LogP contribution >= 0.6 is 15.9 Å². The molecule has 0 aliphatic carbocycles. The minimum absolute atomic E-state index is 0.342. The maximum absolute atomic E-state index is 12.4. The highest BCUT2D eigenvalue weighted by Crippen LogP contribution is 2.25. The van der Waals surface area contributed by atoms with Crippen molar-refractivity contribution in [1.29, 1.82) is 0 Å². The fourth-order valence-electron chi connectivity index (χ4n) is 2.55. The summed E-state index contributed by atoms with van der Waals surface area (Å²) in [5, 5.41) is 11.1. The summed E-state index contributed by atoms with van der Waals surface area (Å²) in [6, 6.07) is 15.2. The van der Waals surface area contributed by atoms with Crippen molar-refractivity contribution in [2.24, 2.45) is 5.10 Å². The Morgan fingerprint density at radius 1 is 1.22 bits per heavy atom. The first-order valence-electron chi connectivity index (χ1n) is 8.45. The van der Waals surface area contributed by atoms with Gasteiger partial charge in [0.05, 0.1) is 18.5 Å². The van der Waals surface area contributed by atoms with Crippen LogP contribution in [0, 0.1) is 6.92 Å². The van der Waals surface area contributed by atoms with E-state index >= 15 is 0 Å². The van der Waals surface area contributed by atoms with Crippen LogP contribution in [-0.4, -0.2) is 28.9 Å². The Kier molecular flexibility index (Phi) is 6.03. The Morgan fingerprint density at radius 3 is 2.59 bits per heavy atom. The van der Waals surface area contributed by atoms with Gasteiger partial charge in [0.25, 0.3) is 5.91 Å². The van der Waals surface area contributed by atoms with Crippen LogP contribution in [0.15, 0.2) is 58.1 Å². The maximum Gasteiger partial charge on any atom is 0.289 e. The minimum atomic E-state index is -0.342. The number of nitrogens with zero attached hydrogens (tertiary/aromatic N) is 2. The predicted molar refractivity (Wildman–Crippen MR) is 109 cm³/mol. The van der Waals surface area contributed by atoms with Gasteiger partial charge in [-0.3, -0.25) is 9.89 Å². The van der Waals surface area contributed by atoms with E-state index in [9.17, 15) is 4.79 Å². The fourth-order valence-corrected chi connectivity index (χ4v) is 2.81. The highest BCUT2D eigenvalue weighted by Gasteiger charge is 2.16. The molecular formula is C20H19BrN4O2. The normalized spacial score (nSPS) is 10.9.